The van der Waals surface area contributed by atoms with Crippen molar-refractivity contribution < 1.29 is 0 Å². The van der Waals surface area contributed by atoms with Gasteiger partial charge in [0.05, 0.1) is 6.54 Å². The second-order valence-electron chi connectivity index (χ2n) is 4.64. The molecule has 3 heteroatoms. The summed E-state index contributed by atoms with van der Waals surface area (Å²) in [6.45, 7) is 8.58. The highest BCUT2D eigenvalue weighted by Crippen LogP contribution is 2.08. The third-order valence-corrected chi connectivity index (χ3v) is 3.23. The molecule has 0 fully saturated rings. The lowest BCUT2D eigenvalue weighted by molar-refractivity contribution is 0.424. The van der Waals surface area contributed by atoms with Crippen molar-refractivity contribution in [2.24, 2.45) is 0 Å². The first-order chi connectivity index (χ1) is 8.31. The molecule has 0 amide bonds. The summed E-state index contributed by atoms with van der Waals surface area (Å²) in [6, 6.07) is 0.655. The molecular weight excluding hydrogens is 210 g/mol. The molecule has 0 aromatic carbocycles. The first kappa shape index (κ1) is 14.2. The van der Waals surface area contributed by atoms with Crippen LogP contribution in [0.3, 0.4) is 0 Å². The maximum absolute atomic E-state index is 4.40. The molecule has 1 atom stereocenters. The lowest BCUT2D eigenvalue weighted by atomic mass is 10.1. The predicted molar refractivity (Wildman–Crippen MR) is 73.0 cm³/mol. The zero-order chi connectivity index (χ0) is 12.5. The van der Waals surface area contributed by atoms with Crippen LogP contribution in [0.15, 0.2) is 12.4 Å². The Morgan fingerprint density at radius 3 is 2.71 bits per heavy atom. The SMILES string of the molecule is CCCCC(CCC)NCc1nccn1CC. The number of hydrogen-bond donors (Lipinski definition) is 1. The molecule has 1 aromatic rings. The highest BCUT2D eigenvalue weighted by Gasteiger charge is 2.08. The lowest BCUT2D eigenvalue weighted by Crippen LogP contribution is -2.29. The minimum atomic E-state index is 0.655. The van der Waals surface area contributed by atoms with E-state index in [0.717, 1.165) is 18.9 Å². The molecule has 1 rings (SSSR count). The van der Waals surface area contributed by atoms with Crippen molar-refractivity contribution in [3.63, 3.8) is 0 Å². The van der Waals surface area contributed by atoms with Crippen molar-refractivity contribution in [3.8, 4) is 0 Å². The minimum Gasteiger partial charge on any atom is -0.334 e. The van der Waals surface area contributed by atoms with Crippen LogP contribution in [0.2, 0.25) is 0 Å². The monoisotopic (exact) mass is 237 g/mol. The van der Waals surface area contributed by atoms with Crippen LogP contribution in [0.1, 0.15) is 58.7 Å². The Bertz CT molecular complexity index is 293. The van der Waals surface area contributed by atoms with Gasteiger partial charge in [-0.05, 0) is 19.8 Å². The number of imidazole rings is 1. The summed E-state index contributed by atoms with van der Waals surface area (Å²) in [5.74, 6) is 1.16. The van der Waals surface area contributed by atoms with Crippen molar-refractivity contribution in [2.45, 2.75) is 72.0 Å². The molecular formula is C14H27N3. The highest BCUT2D eigenvalue weighted by molar-refractivity contribution is 4.92. The van der Waals surface area contributed by atoms with Crippen LogP contribution < -0.4 is 5.32 Å². The zero-order valence-corrected chi connectivity index (χ0v) is 11.6. The lowest BCUT2D eigenvalue weighted by Gasteiger charge is -2.17. The first-order valence-corrected chi connectivity index (χ1v) is 7.05. The van der Waals surface area contributed by atoms with Crippen molar-refractivity contribution in [2.75, 3.05) is 0 Å². The Hall–Kier alpha value is -0.830. The molecule has 0 bridgehead atoms. The fourth-order valence-corrected chi connectivity index (χ4v) is 2.18. The average Bonchev–Trinajstić information content (AvgIpc) is 2.80. The molecule has 1 heterocycles. The van der Waals surface area contributed by atoms with E-state index in [1.165, 1.54) is 32.1 Å². The molecule has 0 saturated carbocycles. The number of aryl methyl sites for hydroxylation is 1. The highest BCUT2D eigenvalue weighted by atomic mass is 15.1. The van der Waals surface area contributed by atoms with Crippen LogP contribution in [0.5, 0.6) is 0 Å². The van der Waals surface area contributed by atoms with Crippen LogP contribution >= 0.6 is 0 Å². The Morgan fingerprint density at radius 1 is 1.24 bits per heavy atom. The van der Waals surface area contributed by atoms with Gasteiger partial charge in [0, 0.05) is 25.0 Å². The maximum Gasteiger partial charge on any atom is 0.122 e. The number of unbranched alkanes of at least 4 members (excludes halogenated alkanes) is 1. The zero-order valence-electron chi connectivity index (χ0n) is 11.6. The molecule has 0 saturated heterocycles. The van der Waals surface area contributed by atoms with E-state index in [1.807, 2.05) is 6.20 Å². The topological polar surface area (TPSA) is 29.9 Å². The van der Waals surface area contributed by atoms with E-state index in [1.54, 1.807) is 0 Å². The molecule has 1 N–H and O–H groups in total. The standard InChI is InChI=1S/C14H27N3/c1-4-7-9-13(8-5-2)16-12-14-15-10-11-17(14)6-3/h10-11,13,16H,4-9,12H2,1-3H3. The first-order valence-electron chi connectivity index (χ1n) is 7.05. The fraction of sp³-hybridized carbons (Fsp3) is 0.786. The van der Waals surface area contributed by atoms with Crippen LogP contribution in [0.4, 0.5) is 0 Å². The Labute approximate surface area is 106 Å². The Balaban J connectivity index is 2.39. The van der Waals surface area contributed by atoms with Gasteiger partial charge in [-0.25, -0.2) is 4.98 Å². The largest absolute Gasteiger partial charge is 0.334 e. The number of hydrogen-bond acceptors (Lipinski definition) is 2. The van der Waals surface area contributed by atoms with Gasteiger partial charge in [-0.1, -0.05) is 33.1 Å². The van der Waals surface area contributed by atoms with E-state index >= 15 is 0 Å². The van der Waals surface area contributed by atoms with Crippen molar-refractivity contribution in [1.82, 2.24) is 14.9 Å². The Morgan fingerprint density at radius 2 is 2.06 bits per heavy atom. The van der Waals surface area contributed by atoms with Gasteiger partial charge in [0.25, 0.3) is 0 Å². The molecule has 1 unspecified atom stereocenters. The smallest absolute Gasteiger partial charge is 0.122 e. The molecule has 0 radical (unpaired) electrons. The van der Waals surface area contributed by atoms with Gasteiger partial charge < -0.3 is 9.88 Å². The summed E-state index contributed by atoms with van der Waals surface area (Å²) in [7, 11) is 0. The van der Waals surface area contributed by atoms with E-state index in [9.17, 15) is 0 Å². The second-order valence-corrected chi connectivity index (χ2v) is 4.64. The average molecular weight is 237 g/mol. The van der Waals surface area contributed by atoms with Gasteiger partial charge in [0.2, 0.25) is 0 Å². The van der Waals surface area contributed by atoms with Gasteiger partial charge in [0.1, 0.15) is 5.82 Å². The third-order valence-electron chi connectivity index (χ3n) is 3.23. The molecule has 0 aliphatic rings. The van der Waals surface area contributed by atoms with Crippen LogP contribution in [-0.2, 0) is 13.1 Å². The second kappa shape index (κ2) is 8.29. The van der Waals surface area contributed by atoms with Crippen molar-refractivity contribution in [1.29, 1.82) is 0 Å². The van der Waals surface area contributed by atoms with Gasteiger partial charge in [-0.15, -0.1) is 0 Å². The van der Waals surface area contributed by atoms with E-state index in [2.05, 4.69) is 41.8 Å². The summed E-state index contributed by atoms with van der Waals surface area (Å²) in [6.07, 6.45) is 10.4. The predicted octanol–water partition coefficient (Wildman–Crippen LogP) is 3.35. The van der Waals surface area contributed by atoms with Crippen molar-refractivity contribution in [3.05, 3.63) is 18.2 Å². The molecule has 3 nitrogen and oxygen atoms in total. The maximum atomic E-state index is 4.40. The summed E-state index contributed by atoms with van der Waals surface area (Å²) in [4.78, 5) is 4.40. The molecule has 0 aliphatic carbocycles. The van der Waals surface area contributed by atoms with E-state index in [0.29, 0.717) is 6.04 Å². The van der Waals surface area contributed by atoms with E-state index in [4.69, 9.17) is 0 Å². The van der Waals surface area contributed by atoms with E-state index in [-0.39, 0.29) is 0 Å². The quantitative estimate of drug-likeness (QED) is 0.714. The molecule has 98 valence electrons. The molecule has 17 heavy (non-hydrogen) atoms. The molecule has 0 aliphatic heterocycles. The van der Waals surface area contributed by atoms with Gasteiger partial charge >= 0.3 is 0 Å². The third kappa shape index (κ3) is 4.90. The van der Waals surface area contributed by atoms with Gasteiger partial charge in [-0.2, -0.15) is 0 Å². The Kier molecular flexibility index (Phi) is 6.94. The van der Waals surface area contributed by atoms with Crippen LogP contribution in [0.25, 0.3) is 0 Å². The molecule has 1 aromatic heterocycles. The fourth-order valence-electron chi connectivity index (χ4n) is 2.18. The van der Waals surface area contributed by atoms with Crippen molar-refractivity contribution >= 4 is 0 Å². The number of aromatic nitrogens is 2. The molecule has 0 spiro atoms. The number of nitrogens with zero attached hydrogens (tertiary/aromatic N) is 2. The van der Waals surface area contributed by atoms with Crippen LogP contribution in [0, 0.1) is 0 Å². The van der Waals surface area contributed by atoms with E-state index < -0.39 is 0 Å². The summed E-state index contributed by atoms with van der Waals surface area (Å²) in [5, 5.41) is 3.65. The summed E-state index contributed by atoms with van der Waals surface area (Å²) in [5.41, 5.74) is 0. The summed E-state index contributed by atoms with van der Waals surface area (Å²) >= 11 is 0. The normalized spacial score (nSPS) is 12.9. The van der Waals surface area contributed by atoms with Gasteiger partial charge in [-0.3, -0.25) is 0 Å². The number of rotatable bonds is 9. The minimum absolute atomic E-state index is 0.655. The number of nitrogens with one attached hydrogen (secondary N) is 1. The summed E-state index contributed by atoms with van der Waals surface area (Å²) < 4.78 is 2.20. The van der Waals surface area contributed by atoms with Crippen LogP contribution in [-0.4, -0.2) is 15.6 Å². The van der Waals surface area contributed by atoms with Gasteiger partial charge in [0.15, 0.2) is 0 Å².